The highest BCUT2D eigenvalue weighted by Crippen LogP contribution is 2.42. The molecule has 0 saturated heterocycles. The lowest BCUT2D eigenvalue weighted by molar-refractivity contribution is -0.171. The second-order valence-electron chi connectivity index (χ2n) is 5.95. The molecule has 0 bridgehead atoms. The van der Waals surface area contributed by atoms with Crippen LogP contribution in [0.5, 0.6) is 0 Å². The van der Waals surface area contributed by atoms with Gasteiger partial charge in [-0.05, 0) is 36.5 Å². The minimum absolute atomic E-state index is 0.355. The van der Waals surface area contributed by atoms with Gasteiger partial charge in [0.2, 0.25) is 5.60 Å². The average molecular weight is 312 g/mol. The summed E-state index contributed by atoms with van der Waals surface area (Å²) >= 11 is 0. The zero-order valence-corrected chi connectivity index (χ0v) is 13.4. The van der Waals surface area contributed by atoms with Crippen molar-refractivity contribution in [2.45, 2.75) is 45.1 Å². The fraction of sp³-hybridized carbons (Fsp3) is 0.444. The highest BCUT2D eigenvalue weighted by Gasteiger charge is 2.46. The summed E-state index contributed by atoms with van der Waals surface area (Å²) in [7, 11) is 0. The second-order valence-corrected chi connectivity index (χ2v) is 5.95. The number of H-pyrrole nitrogens is 1. The van der Waals surface area contributed by atoms with Crippen LogP contribution < -0.4 is 0 Å². The normalized spacial score (nSPS) is 20.2. The van der Waals surface area contributed by atoms with Gasteiger partial charge in [-0.15, -0.1) is 0 Å². The molecule has 1 unspecified atom stereocenters. The summed E-state index contributed by atoms with van der Waals surface area (Å²) < 4.78 is 5.76. The number of aliphatic carboxylic acids is 1. The van der Waals surface area contributed by atoms with Crippen molar-refractivity contribution in [3.63, 3.8) is 0 Å². The topological polar surface area (TPSA) is 86.1 Å². The van der Waals surface area contributed by atoms with Crippen molar-refractivity contribution in [3.8, 4) is 6.07 Å². The van der Waals surface area contributed by atoms with E-state index in [4.69, 9.17) is 4.74 Å². The number of aromatic amines is 1. The van der Waals surface area contributed by atoms with Crippen LogP contribution in [-0.4, -0.2) is 22.7 Å². The lowest BCUT2D eigenvalue weighted by Crippen LogP contribution is -2.43. The number of nitriles is 1. The Balaban J connectivity index is 2.38. The Morgan fingerprint density at radius 2 is 2.26 bits per heavy atom. The Bertz CT molecular complexity index is 816. The Morgan fingerprint density at radius 3 is 2.87 bits per heavy atom. The number of carboxylic acid groups (broad SMARTS) is 1. The van der Waals surface area contributed by atoms with Gasteiger partial charge in [0.1, 0.15) is 0 Å². The minimum Gasteiger partial charge on any atom is -0.479 e. The number of hydrogen-bond donors (Lipinski definition) is 2. The molecule has 1 aliphatic rings. The molecule has 1 aromatic heterocycles. The molecule has 0 spiro atoms. The second kappa shape index (κ2) is 5.71. The highest BCUT2D eigenvalue weighted by atomic mass is 16.5. The van der Waals surface area contributed by atoms with Crippen molar-refractivity contribution in [1.29, 1.82) is 5.26 Å². The van der Waals surface area contributed by atoms with Gasteiger partial charge < -0.3 is 14.8 Å². The number of aryl methyl sites for hydroxylation is 1. The number of ether oxygens (including phenoxy) is 1. The maximum atomic E-state index is 12.0. The summed E-state index contributed by atoms with van der Waals surface area (Å²) in [5, 5.41) is 20.2. The van der Waals surface area contributed by atoms with Gasteiger partial charge in [0.25, 0.3) is 0 Å². The number of hydrogen-bond acceptors (Lipinski definition) is 3. The largest absolute Gasteiger partial charge is 0.479 e. The van der Waals surface area contributed by atoms with Crippen LogP contribution >= 0.6 is 0 Å². The van der Waals surface area contributed by atoms with Gasteiger partial charge in [0.15, 0.2) is 0 Å². The average Bonchev–Trinajstić information content (AvgIpc) is 2.95. The van der Waals surface area contributed by atoms with Crippen molar-refractivity contribution in [3.05, 3.63) is 34.5 Å². The lowest BCUT2D eigenvalue weighted by atomic mass is 9.87. The number of benzene rings is 1. The van der Waals surface area contributed by atoms with Gasteiger partial charge in [-0.25, -0.2) is 4.79 Å². The predicted molar refractivity (Wildman–Crippen MR) is 86.3 cm³/mol. The Hall–Kier alpha value is -2.32. The van der Waals surface area contributed by atoms with Crippen molar-refractivity contribution in [2.75, 3.05) is 6.61 Å². The van der Waals surface area contributed by atoms with E-state index in [9.17, 15) is 15.2 Å². The molecule has 5 nitrogen and oxygen atoms in total. The summed E-state index contributed by atoms with van der Waals surface area (Å²) in [4.78, 5) is 15.3. The number of aromatic nitrogens is 1. The van der Waals surface area contributed by atoms with Crippen LogP contribution in [0.1, 0.15) is 49.1 Å². The van der Waals surface area contributed by atoms with Crippen LogP contribution in [-0.2, 0) is 28.0 Å². The standard InChI is InChI=1S/C18H20N2O3/c1-3-8-18(17(21)22)16-13(7-9-23-18)14-12(10-19)6-5-11(4-2)15(14)20-16/h5-6,20H,3-4,7-9H2,1-2H3,(H,21,22). The van der Waals surface area contributed by atoms with E-state index in [2.05, 4.69) is 11.1 Å². The number of nitrogens with one attached hydrogen (secondary N) is 1. The number of fused-ring (bicyclic) bond motifs is 3. The molecule has 0 fully saturated rings. The minimum atomic E-state index is -1.33. The van der Waals surface area contributed by atoms with E-state index in [1.54, 1.807) is 0 Å². The molecule has 1 aromatic carbocycles. The first-order valence-electron chi connectivity index (χ1n) is 8.03. The third kappa shape index (κ3) is 2.13. The molecular formula is C18H20N2O3. The van der Waals surface area contributed by atoms with Gasteiger partial charge in [0.05, 0.1) is 29.5 Å². The summed E-state index contributed by atoms with van der Waals surface area (Å²) in [5.41, 5.74) is 2.76. The smallest absolute Gasteiger partial charge is 0.342 e. The summed E-state index contributed by atoms with van der Waals surface area (Å²) in [6.07, 6.45) is 2.55. The quantitative estimate of drug-likeness (QED) is 0.907. The summed E-state index contributed by atoms with van der Waals surface area (Å²) in [6.45, 7) is 4.35. The molecule has 2 aromatic rings. The van der Waals surface area contributed by atoms with E-state index >= 15 is 0 Å². The maximum absolute atomic E-state index is 12.0. The predicted octanol–water partition coefficient (Wildman–Crippen LogP) is 3.25. The van der Waals surface area contributed by atoms with Crippen molar-refractivity contribution in [2.24, 2.45) is 0 Å². The first kappa shape index (κ1) is 15.6. The summed E-state index contributed by atoms with van der Waals surface area (Å²) in [6, 6.07) is 6.00. The van der Waals surface area contributed by atoms with Gasteiger partial charge >= 0.3 is 5.97 Å². The maximum Gasteiger partial charge on any atom is 0.342 e. The van der Waals surface area contributed by atoms with Crippen molar-refractivity contribution >= 4 is 16.9 Å². The van der Waals surface area contributed by atoms with E-state index in [-0.39, 0.29) is 0 Å². The first-order valence-corrected chi connectivity index (χ1v) is 8.03. The number of carboxylic acids is 1. The zero-order chi connectivity index (χ0) is 16.6. The molecule has 1 atom stereocenters. The third-order valence-electron chi connectivity index (χ3n) is 4.70. The molecule has 3 rings (SSSR count). The van der Waals surface area contributed by atoms with E-state index in [0.29, 0.717) is 37.1 Å². The molecule has 120 valence electrons. The van der Waals surface area contributed by atoms with Gasteiger partial charge in [-0.1, -0.05) is 26.3 Å². The van der Waals surface area contributed by atoms with E-state index in [0.717, 1.165) is 28.5 Å². The molecule has 2 N–H and O–H groups in total. The van der Waals surface area contributed by atoms with Gasteiger partial charge in [-0.3, -0.25) is 0 Å². The molecule has 5 heteroatoms. The van der Waals surface area contributed by atoms with Crippen LogP contribution in [0.4, 0.5) is 0 Å². The fourth-order valence-corrected chi connectivity index (χ4v) is 3.63. The van der Waals surface area contributed by atoms with Crippen LogP contribution in [0.2, 0.25) is 0 Å². The number of nitrogens with zero attached hydrogens (tertiary/aromatic N) is 1. The molecule has 0 aliphatic carbocycles. The molecule has 1 aliphatic heterocycles. The van der Waals surface area contributed by atoms with Crippen LogP contribution in [0.3, 0.4) is 0 Å². The fourth-order valence-electron chi connectivity index (χ4n) is 3.63. The number of rotatable bonds is 4. The molecule has 0 radical (unpaired) electrons. The Kier molecular flexibility index (Phi) is 3.87. The summed E-state index contributed by atoms with van der Waals surface area (Å²) in [5.74, 6) is -0.969. The van der Waals surface area contributed by atoms with Gasteiger partial charge in [-0.2, -0.15) is 5.26 Å². The van der Waals surface area contributed by atoms with Crippen molar-refractivity contribution in [1.82, 2.24) is 4.98 Å². The molecule has 0 saturated carbocycles. The molecule has 0 amide bonds. The van der Waals surface area contributed by atoms with Crippen molar-refractivity contribution < 1.29 is 14.6 Å². The Labute approximate surface area is 134 Å². The first-order chi connectivity index (χ1) is 11.1. The molecule has 23 heavy (non-hydrogen) atoms. The third-order valence-corrected chi connectivity index (χ3v) is 4.70. The lowest BCUT2D eigenvalue weighted by Gasteiger charge is -2.33. The van der Waals surface area contributed by atoms with Crippen LogP contribution in [0, 0.1) is 11.3 Å². The van der Waals surface area contributed by atoms with Gasteiger partial charge in [0, 0.05) is 5.39 Å². The highest BCUT2D eigenvalue weighted by molar-refractivity contribution is 5.95. The molecular weight excluding hydrogens is 292 g/mol. The van der Waals surface area contributed by atoms with E-state index < -0.39 is 11.6 Å². The molecule has 2 heterocycles. The monoisotopic (exact) mass is 312 g/mol. The van der Waals surface area contributed by atoms with E-state index in [1.165, 1.54) is 0 Å². The Morgan fingerprint density at radius 1 is 1.48 bits per heavy atom. The van der Waals surface area contributed by atoms with Crippen LogP contribution in [0.15, 0.2) is 12.1 Å². The SMILES string of the molecule is CCCC1(C(=O)O)OCCc2c1[nH]c1c(CC)ccc(C#N)c21. The zero-order valence-electron chi connectivity index (χ0n) is 13.4. The van der Waals surface area contributed by atoms with Crippen LogP contribution in [0.25, 0.3) is 10.9 Å². The van der Waals surface area contributed by atoms with E-state index in [1.807, 2.05) is 26.0 Å². The number of carbonyl (C=O) groups is 1.